The minimum absolute atomic E-state index is 0.0232. The van der Waals surface area contributed by atoms with Crippen LogP contribution >= 0.6 is 0 Å². The van der Waals surface area contributed by atoms with E-state index in [0.29, 0.717) is 25.1 Å². The van der Waals surface area contributed by atoms with Crippen LogP contribution in [0.4, 0.5) is 13.2 Å². The Morgan fingerprint density at radius 2 is 1.73 bits per heavy atom. The van der Waals surface area contributed by atoms with Crippen LogP contribution in [0.1, 0.15) is 38.7 Å². The van der Waals surface area contributed by atoms with Gasteiger partial charge in [-0.15, -0.1) is 0 Å². The zero-order valence-corrected chi connectivity index (χ0v) is 12.9. The number of benzene rings is 1. The second-order valence-corrected chi connectivity index (χ2v) is 5.49. The van der Waals surface area contributed by atoms with Crippen molar-refractivity contribution in [3.05, 3.63) is 35.1 Å². The minimum Gasteiger partial charge on any atom is -0.396 e. The van der Waals surface area contributed by atoms with E-state index < -0.39 is 23.4 Å². The number of carbonyl (C=O) groups excluding carboxylic acids is 1. The van der Waals surface area contributed by atoms with E-state index in [0.717, 1.165) is 12.8 Å². The lowest BCUT2D eigenvalue weighted by Crippen LogP contribution is -2.38. The third kappa shape index (κ3) is 4.73. The Morgan fingerprint density at radius 3 is 2.27 bits per heavy atom. The average molecular weight is 317 g/mol. The molecule has 124 valence electrons. The molecule has 22 heavy (non-hydrogen) atoms. The summed E-state index contributed by atoms with van der Waals surface area (Å²) < 4.78 is 39.4. The minimum atomic E-state index is -1.28. The molecule has 6 heteroatoms. The van der Waals surface area contributed by atoms with Gasteiger partial charge in [0.15, 0.2) is 11.6 Å². The van der Waals surface area contributed by atoms with Crippen molar-refractivity contribution in [3.8, 4) is 0 Å². The maximum atomic E-state index is 13.5. The van der Waals surface area contributed by atoms with Crippen LogP contribution in [-0.4, -0.2) is 24.2 Å². The van der Waals surface area contributed by atoms with Crippen LogP contribution in [0.5, 0.6) is 0 Å². The zero-order chi connectivity index (χ0) is 16.8. The van der Waals surface area contributed by atoms with E-state index in [4.69, 9.17) is 5.11 Å². The van der Waals surface area contributed by atoms with Gasteiger partial charge in [-0.3, -0.25) is 4.79 Å². The van der Waals surface area contributed by atoms with Crippen molar-refractivity contribution >= 4 is 5.91 Å². The van der Waals surface area contributed by atoms with E-state index in [1.165, 1.54) is 0 Å². The lowest BCUT2D eigenvalue weighted by atomic mass is 9.79. The number of rotatable bonds is 8. The predicted octanol–water partition coefficient (Wildman–Crippen LogP) is 2.95. The van der Waals surface area contributed by atoms with Crippen molar-refractivity contribution in [1.29, 1.82) is 0 Å². The third-order valence-corrected chi connectivity index (χ3v) is 4.24. The van der Waals surface area contributed by atoms with Gasteiger partial charge in [0.2, 0.25) is 5.91 Å². The summed E-state index contributed by atoms with van der Waals surface area (Å²) in [5.74, 6) is -3.86. The molecule has 0 saturated heterocycles. The number of carbonyl (C=O) groups is 1. The molecule has 0 atom stereocenters. The van der Waals surface area contributed by atoms with Gasteiger partial charge >= 0.3 is 0 Å². The Kier molecular flexibility index (Phi) is 6.87. The Balaban J connectivity index is 2.69. The van der Waals surface area contributed by atoms with Crippen molar-refractivity contribution in [2.45, 2.75) is 39.5 Å². The number of halogens is 3. The van der Waals surface area contributed by atoms with Crippen molar-refractivity contribution in [2.75, 3.05) is 13.2 Å². The average Bonchev–Trinajstić information content (AvgIpc) is 2.49. The van der Waals surface area contributed by atoms with Crippen molar-refractivity contribution in [1.82, 2.24) is 5.32 Å². The first kappa shape index (κ1) is 18.5. The van der Waals surface area contributed by atoms with E-state index in [2.05, 4.69) is 5.32 Å². The molecule has 3 nitrogen and oxygen atoms in total. The Bertz CT molecular complexity index is 516. The third-order valence-electron chi connectivity index (χ3n) is 4.24. The highest BCUT2D eigenvalue weighted by atomic mass is 19.2. The molecule has 0 aliphatic heterocycles. The van der Waals surface area contributed by atoms with Crippen molar-refractivity contribution in [3.63, 3.8) is 0 Å². The molecular formula is C16H22F3NO2. The maximum absolute atomic E-state index is 13.5. The fourth-order valence-corrected chi connectivity index (χ4v) is 2.40. The van der Waals surface area contributed by atoms with Gasteiger partial charge in [-0.2, -0.15) is 0 Å². The Labute approximate surface area is 128 Å². The summed E-state index contributed by atoms with van der Waals surface area (Å²) in [5.41, 5.74) is -0.394. The molecular weight excluding hydrogens is 295 g/mol. The predicted molar refractivity (Wildman–Crippen MR) is 77.7 cm³/mol. The van der Waals surface area contributed by atoms with Gasteiger partial charge in [0.05, 0.1) is 6.42 Å². The molecule has 0 heterocycles. The van der Waals surface area contributed by atoms with Crippen LogP contribution in [0, 0.1) is 22.9 Å². The lowest BCUT2D eigenvalue weighted by molar-refractivity contribution is -0.121. The molecule has 0 saturated carbocycles. The standard InChI is InChI=1S/C16H22F3NO2/c1-3-16(4-2,5-6-21)10-20-15(22)8-11-7-13(18)14(19)9-12(11)17/h7,9,21H,3-6,8,10H2,1-2H3,(H,20,22). The topological polar surface area (TPSA) is 49.3 Å². The normalized spacial score (nSPS) is 11.5. The smallest absolute Gasteiger partial charge is 0.224 e. The van der Waals surface area contributed by atoms with Crippen LogP contribution in [0.2, 0.25) is 0 Å². The Hall–Kier alpha value is -1.56. The number of hydrogen-bond donors (Lipinski definition) is 2. The molecule has 0 radical (unpaired) electrons. The second-order valence-electron chi connectivity index (χ2n) is 5.49. The highest BCUT2D eigenvalue weighted by Crippen LogP contribution is 2.29. The molecule has 1 amide bonds. The van der Waals surface area contributed by atoms with Gasteiger partial charge < -0.3 is 10.4 Å². The molecule has 0 unspecified atom stereocenters. The number of aliphatic hydroxyl groups is 1. The highest BCUT2D eigenvalue weighted by molar-refractivity contribution is 5.78. The molecule has 0 bridgehead atoms. The summed E-state index contributed by atoms with van der Waals surface area (Å²) in [7, 11) is 0. The molecule has 0 aliphatic rings. The van der Waals surface area contributed by atoms with Gasteiger partial charge in [0.1, 0.15) is 5.82 Å². The highest BCUT2D eigenvalue weighted by Gasteiger charge is 2.26. The van der Waals surface area contributed by atoms with Crippen molar-refractivity contribution < 1.29 is 23.1 Å². The fraction of sp³-hybridized carbons (Fsp3) is 0.562. The lowest BCUT2D eigenvalue weighted by Gasteiger charge is -2.31. The van der Waals surface area contributed by atoms with E-state index in [-0.39, 0.29) is 24.0 Å². The molecule has 1 aromatic rings. The molecule has 0 aliphatic carbocycles. The first-order valence-corrected chi connectivity index (χ1v) is 7.38. The largest absolute Gasteiger partial charge is 0.396 e. The van der Waals surface area contributed by atoms with Gasteiger partial charge in [-0.25, -0.2) is 13.2 Å². The monoisotopic (exact) mass is 317 g/mol. The summed E-state index contributed by atoms with van der Waals surface area (Å²) in [5, 5.41) is 11.8. The van der Waals surface area contributed by atoms with E-state index in [1.54, 1.807) is 0 Å². The summed E-state index contributed by atoms with van der Waals surface area (Å²) >= 11 is 0. The molecule has 2 N–H and O–H groups in total. The van der Waals surface area contributed by atoms with Crippen LogP contribution < -0.4 is 5.32 Å². The summed E-state index contributed by atoms with van der Waals surface area (Å²) in [4.78, 5) is 11.9. The molecule has 1 rings (SSSR count). The van der Waals surface area contributed by atoms with Crippen LogP contribution in [0.25, 0.3) is 0 Å². The van der Waals surface area contributed by atoms with E-state index >= 15 is 0 Å². The van der Waals surface area contributed by atoms with Crippen LogP contribution in [0.3, 0.4) is 0 Å². The van der Waals surface area contributed by atoms with Gasteiger partial charge in [-0.05, 0) is 30.7 Å². The number of amides is 1. The molecule has 0 fully saturated rings. The fourth-order valence-electron chi connectivity index (χ4n) is 2.40. The quantitative estimate of drug-likeness (QED) is 0.724. The SMILES string of the molecule is CCC(CC)(CCO)CNC(=O)Cc1cc(F)c(F)cc1F. The Morgan fingerprint density at radius 1 is 1.14 bits per heavy atom. The summed E-state index contributed by atoms with van der Waals surface area (Å²) in [6, 6.07) is 1.14. The van der Waals surface area contributed by atoms with Gasteiger partial charge in [-0.1, -0.05) is 13.8 Å². The zero-order valence-electron chi connectivity index (χ0n) is 12.9. The molecule has 0 spiro atoms. The van der Waals surface area contributed by atoms with Gasteiger partial charge in [0.25, 0.3) is 0 Å². The number of nitrogens with one attached hydrogen (secondary N) is 1. The van der Waals surface area contributed by atoms with E-state index in [1.807, 2.05) is 13.8 Å². The first-order chi connectivity index (χ1) is 10.4. The summed E-state index contributed by atoms with van der Waals surface area (Å²) in [6.45, 7) is 4.32. The molecule has 0 aromatic heterocycles. The van der Waals surface area contributed by atoms with Crippen LogP contribution in [-0.2, 0) is 11.2 Å². The number of hydrogen-bond acceptors (Lipinski definition) is 2. The van der Waals surface area contributed by atoms with Crippen molar-refractivity contribution in [2.24, 2.45) is 5.41 Å². The van der Waals surface area contributed by atoms with E-state index in [9.17, 15) is 18.0 Å². The summed E-state index contributed by atoms with van der Waals surface area (Å²) in [6.07, 6.45) is 1.76. The molecule has 1 aromatic carbocycles. The first-order valence-electron chi connectivity index (χ1n) is 7.38. The maximum Gasteiger partial charge on any atom is 0.224 e. The van der Waals surface area contributed by atoms with Crippen LogP contribution in [0.15, 0.2) is 12.1 Å². The second kappa shape index (κ2) is 8.17. The number of aliphatic hydroxyl groups excluding tert-OH is 1. The van der Waals surface area contributed by atoms with Gasteiger partial charge in [0, 0.05) is 24.8 Å².